The summed E-state index contributed by atoms with van der Waals surface area (Å²) in [4.78, 5) is 0.405. The van der Waals surface area contributed by atoms with Crippen molar-refractivity contribution >= 4 is 9.84 Å². The Bertz CT molecular complexity index is 721. The van der Waals surface area contributed by atoms with Gasteiger partial charge in [-0.05, 0) is 42.2 Å². The van der Waals surface area contributed by atoms with E-state index in [2.05, 4.69) is 0 Å². The van der Waals surface area contributed by atoms with E-state index in [0.29, 0.717) is 11.4 Å². The molecule has 0 aromatic heterocycles. The van der Waals surface area contributed by atoms with Gasteiger partial charge in [0.15, 0.2) is 9.84 Å². The molecule has 3 nitrogen and oxygen atoms in total. The Labute approximate surface area is 120 Å². The zero-order valence-corrected chi connectivity index (χ0v) is 12.6. The van der Waals surface area contributed by atoms with E-state index in [9.17, 15) is 8.42 Å². The van der Waals surface area contributed by atoms with Gasteiger partial charge in [-0.25, -0.2) is 8.42 Å². The fourth-order valence-electron chi connectivity index (χ4n) is 2.23. The molecular formula is C16H19NO2S. The van der Waals surface area contributed by atoms with Crippen LogP contribution in [0.2, 0.25) is 0 Å². The number of benzene rings is 2. The van der Waals surface area contributed by atoms with E-state index in [1.807, 2.05) is 44.2 Å². The van der Waals surface area contributed by atoms with Crippen molar-refractivity contribution in [2.24, 2.45) is 5.73 Å². The highest BCUT2D eigenvalue weighted by Gasteiger charge is 2.18. The lowest BCUT2D eigenvalue weighted by Crippen LogP contribution is -2.08. The fourth-order valence-corrected chi connectivity index (χ4v) is 3.97. The normalized spacial score (nSPS) is 11.6. The Hall–Kier alpha value is -1.65. The second-order valence-electron chi connectivity index (χ2n) is 4.99. The molecule has 0 atom stereocenters. The minimum atomic E-state index is -3.32. The molecule has 20 heavy (non-hydrogen) atoms. The lowest BCUT2D eigenvalue weighted by molar-refractivity contribution is 0.594. The standard InChI is InChI=1S/C16H19NO2S/c1-12-5-3-4-6-16(12)20(18,19)11-15-8-7-14(10-17)9-13(15)2/h3-9H,10-11,17H2,1-2H3. The molecule has 0 bridgehead atoms. The van der Waals surface area contributed by atoms with Crippen LogP contribution in [0, 0.1) is 13.8 Å². The maximum Gasteiger partial charge on any atom is 0.182 e. The van der Waals surface area contributed by atoms with Gasteiger partial charge in [0.05, 0.1) is 10.6 Å². The first-order valence-electron chi connectivity index (χ1n) is 6.51. The summed E-state index contributed by atoms with van der Waals surface area (Å²) in [5.41, 5.74) is 9.17. The Kier molecular flexibility index (Phi) is 4.26. The van der Waals surface area contributed by atoms with Gasteiger partial charge in [-0.1, -0.05) is 36.4 Å². The molecule has 2 aromatic rings. The van der Waals surface area contributed by atoms with Gasteiger partial charge in [-0.15, -0.1) is 0 Å². The molecular weight excluding hydrogens is 270 g/mol. The summed E-state index contributed by atoms with van der Waals surface area (Å²) in [6.07, 6.45) is 0. The van der Waals surface area contributed by atoms with Crippen LogP contribution in [-0.2, 0) is 22.1 Å². The zero-order chi connectivity index (χ0) is 14.8. The highest BCUT2D eigenvalue weighted by molar-refractivity contribution is 7.90. The van der Waals surface area contributed by atoms with Crippen LogP contribution in [0.3, 0.4) is 0 Å². The molecule has 4 heteroatoms. The lowest BCUT2D eigenvalue weighted by atomic mass is 10.1. The summed E-state index contributed by atoms with van der Waals surface area (Å²) < 4.78 is 25.0. The van der Waals surface area contributed by atoms with Gasteiger partial charge in [-0.2, -0.15) is 0 Å². The number of hydrogen-bond donors (Lipinski definition) is 1. The molecule has 106 valence electrons. The van der Waals surface area contributed by atoms with Crippen LogP contribution in [0.1, 0.15) is 22.3 Å². The molecule has 0 spiro atoms. The van der Waals surface area contributed by atoms with Crippen molar-refractivity contribution < 1.29 is 8.42 Å². The van der Waals surface area contributed by atoms with Crippen molar-refractivity contribution in [1.82, 2.24) is 0 Å². The van der Waals surface area contributed by atoms with E-state index < -0.39 is 9.84 Å². The number of rotatable bonds is 4. The molecule has 0 saturated heterocycles. The van der Waals surface area contributed by atoms with Crippen LogP contribution >= 0.6 is 0 Å². The van der Waals surface area contributed by atoms with E-state index in [4.69, 9.17) is 5.73 Å². The van der Waals surface area contributed by atoms with Crippen molar-refractivity contribution in [3.63, 3.8) is 0 Å². The summed E-state index contributed by atoms with van der Waals surface area (Å²) in [7, 11) is -3.32. The Morgan fingerprint density at radius 1 is 1.00 bits per heavy atom. The van der Waals surface area contributed by atoms with Gasteiger partial charge in [0.25, 0.3) is 0 Å². The second kappa shape index (κ2) is 5.77. The van der Waals surface area contributed by atoms with Crippen LogP contribution in [0.4, 0.5) is 0 Å². The molecule has 0 heterocycles. The van der Waals surface area contributed by atoms with Crippen molar-refractivity contribution in [3.05, 3.63) is 64.7 Å². The van der Waals surface area contributed by atoms with E-state index in [-0.39, 0.29) is 5.75 Å². The van der Waals surface area contributed by atoms with E-state index >= 15 is 0 Å². The SMILES string of the molecule is Cc1cc(CN)ccc1CS(=O)(=O)c1ccccc1C. The van der Waals surface area contributed by atoms with Crippen molar-refractivity contribution in [2.75, 3.05) is 0 Å². The predicted octanol–water partition coefficient (Wildman–Crippen LogP) is 2.74. The summed E-state index contributed by atoms with van der Waals surface area (Å²) in [6, 6.07) is 12.8. The molecule has 0 unspecified atom stereocenters. The van der Waals surface area contributed by atoms with Crippen molar-refractivity contribution in [3.8, 4) is 0 Å². The first-order chi connectivity index (χ1) is 9.44. The van der Waals surface area contributed by atoms with Gasteiger partial charge >= 0.3 is 0 Å². The van der Waals surface area contributed by atoms with Crippen LogP contribution < -0.4 is 5.73 Å². The molecule has 0 aliphatic carbocycles. The molecule has 0 aliphatic rings. The van der Waals surface area contributed by atoms with Gasteiger partial charge in [-0.3, -0.25) is 0 Å². The average Bonchev–Trinajstić information content (AvgIpc) is 2.41. The summed E-state index contributed by atoms with van der Waals surface area (Å²) in [5.74, 6) is 0.0224. The highest BCUT2D eigenvalue weighted by Crippen LogP contribution is 2.22. The lowest BCUT2D eigenvalue weighted by Gasteiger charge is -2.10. The number of nitrogens with two attached hydrogens (primary N) is 1. The topological polar surface area (TPSA) is 60.2 Å². The third-order valence-electron chi connectivity index (χ3n) is 3.42. The first kappa shape index (κ1) is 14.8. The summed E-state index contributed by atoms with van der Waals surface area (Å²) in [5, 5.41) is 0. The number of aryl methyl sites for hydroxylation is 2. The third-order valence-corrected chi connectivity index (χ3v) is 5.24. The molecule has 0 aliphatic heterocycles. The number of sulfone groups is 1. The fraction of sp³-hybridized carbons (Fsp3) is 0.250. The second-order valence-corrected chi connectivity index (χ2v) is 6.95. The highest BCUT2D eigenvalue weighted by atomic mass is 32.2. The smallest absolute Gasteiger partial charge is 0.182 e. The quantitative estimate of drug-likeness (QED) is 0.941. The molecule has 0 saturated carbocycles. The van der Waals surface area contributed by atoms with Gasteiger partial charge < -0.3 is 5.73 Å². The molecule has 0 radical (unpaired) electrons. The summed E-state index contributed by atoms with van der Waals surface area (Å²) in [6.45, 7) is 4.20. The monoisotopic (exact) mass is 289 g/mol. The van der Waals surface area contributed by atoms with Crippen LogP contribution in [0.5, 0.6) is 0 Å². The van der Waals surface area contributed by atoms with Crippen molar-refractivity contribution in [2.45, 2.75) is 31.0 Å². The Balaban J connectivity index is 2.36. The van der Waals surface area contributed by atoms with E-state index in [0.717, 1.165) is 22.3 Å². The molecule has 2 rings (SSSR count). The van der Waals surface area contributed by atoms with Crippen LogP contribution in [-0.4, -0.2) is 8.42 Å². The van der Waals surface area contributed by atoms with Crippen molar-refractivity contribution in [1.29, 1.82) is 0 Å². The number of hydrogen-bond acceptors (Lipinski definition) is 3. The largest absolute Gasteiger partial charge is 0.326 e. The molecule has 2 aromatic carbocycles. The maximum atomic E-state index is 12.5. The van der Waals surface area contributed by atoms with Crippen LogP contribution in [0.15, 0.2) is 47.4 Å². The van der Waals surface area contributed by atoms with E-state index in [1.165, 1.54) is 0 Å². The minimum Gasteiger partial charge on any atom is -0.326 e. The molecule has 2 N–H and O–H groups in total. The van der Waals surface area contributed by atoms with Gasteiger partial charge in [0.1, 0.15) is 0 Å². The van der Waals surface area contributed by atoms with Gasteiger partial charge in [0, 0.05) is 6.54 Å². The average molecular weight is 289 g/mol. The predicted molar refractivity (Wildman–Crippen MR) is 81.1 cm³/mol. The first-order valence-corrected chi connectivity index (χ1v) is 8.16. The van der Waals surface area contributed by atoms with Crippen LogP contribution in [0.25, 0.3) is 0 Å². The van der Waals surface area contributed by atoms with E-state index in [1.54, 1.807) is 12.1 Å². The maximum absolute atomic E-state index is 12.5. The molecule has 0 amide bonds. The Morgan fingerprint density at radius 2 is 1.70 bits per heavy atom. The molecule has 0 fully saturated rings. The third kappa shape index (κ3) is 3.08. The summed E-state index contributed by atoms with van der Waals surface area (Å²) >= 11 is 0. The zero-order valence-electron chi connectivity index (χ0n) is 11.8. The Morgan fingerprint density at radius 3 is 2.30 bits per heavy atom. The van der Waals surface area contributed by atoms with Gasteiger partial charge in [0.2, 0.25) is 0 Å². The minimum absolute atomic E-state index is 0.0224.